The highest BCUT2D eigenvalue weighted by molar-refractivity contribution is 6.31. The molecule has 0 bridgehead atoms. The number of rotatable bonds is 5. The third kappa shape index (κ3) is 4.47. The van der Waals surface area contributed by atoms with Crippen molar-refractivity contribution in [2.45, 2.75) is 12.8 Å². The maximum atomic E-state index is 14.7. The molecule has 3 aromatic rings. The van der Waals surface area contributed by atoms with E-state index in [9.17, 15) is 14.4 Å². The van der Waals surface area contributed by atoms with Gasteiger partial charge in [0, 0.05) is 22.2 Å². The molecule has 0 saturated heterocycles. The summed E-state index contributed by atoms with van der Waals surface area (Å²) in [7, 11) is 0. The second-order valence-electron chi connectivity index (χ2n) is 7.29. The first-order valence-electron chi connectivity index (χ1n) is 9.93. The second-order valence-corrected chi connectivity index (χ2v) is 7.70. The monoisotopic (exact) mass is 464 g/mol. The number of hydrogen-bond acceptors (Lipinski definition) is 6. The van der Waals surface area contributed by atoms with Crippen LogP contribution in [-0.2, 0) is 4.79 Å². The predicted molar refractivity (Wildman–Crippen MR) is 119 cm³/mol. The molecular formula is C25H18ClFN2O4. The fourth-order valence-corrected chi connectivity index (χ4v) is 3.87. The second kappa shape index (κ2) is 9.23. The summed E-state index contributed by atoms with van der Waals surface area (Å²) in [6, 6.07) is 18.1. The smallest absolute Gasteiger partial charge is 0.349 e. The Hall–Kier alpha value is -4.02. The van der Waals surface area contributed by atoms with Gasteiger partial charge in [0.25, 0.3) is 0 Å². The summed E-state index contributed by atoms with van der Waals surface area (Å²) in [6.07, 6.45) is 0. The van der Waals surface area contributed by atoms with Crippen molar-refractivity contribution in [1.29, 1.82) is 5.26 Å². The number of para-hydroxylation sites is 1. The number of nitrogens with two attached hydrogens (primary N) is 1. The summed E-state index contributed by atoms with van der Waals surface area (Å²) >= 11 is 6.26. The Bertz CT molecular complexity index is 1300. The van der Waals surface area contributed by atoms with Gasteiger partial charge in [-0.3, -0.25) is 0 Å². The van der Waals surface area contributed by atoms with E-state index in [0.29, 0.717) is 11.3 Å². The van der Waals surface area contributed by atoms with Crippen molar-refractivity contribution in [2.75, 3.05) is 6.61 Å². The zero-order valence-corrected chi connectivity index (χ0v) is 18.2. The van der Waals surface area contributed by atoms with Gasteiger partial charge in [0.2, 0.25) is 5.88 Å². The van der Waals surface area contributed by atoms with Gasteiger partial charge >= 0.3 is 5.97 Å². The molecule has 0 radical (unpaired) electrons. The molecule has 1 atom stereocenters. The number of allylic oxidation sites excluding steroid dienone is 1. The van der Waals surface area contributed by atoms with Crippen molar-refractivity contribution in [3.63, 3.8) is 0 Å². The van der Waals surface area contributed by atoms with E-state index in [-0.39, 0.29) is 40.1 Å². The number of esters is 1. The van der Waals surface area contributed by atoms with Crippen LogP contribution in [0.4, 0.5) is 4.39 Å². The van der Waals surface area contributed by atoms with E-state index in [4.69, 9.17) is 31.5 Å². The van der Waals surface area contributed by atoms with Crippen LogP contribution in [0.3, 0.4) is 0 Å². The molecule has 3 aromatic carbocycles. The zero-order chi connectivity index (χ0) is 23.5. The Morgan fingerprint density at radius 2 is 2.00 bits per heavy atom. The lowest BCUT2D eigenvalue weighted by Gasteiger charge is -2.27. The Balaban J connectivity index is 1.60. The number of halogens is 2. The Labute approximate surface area is 194 Å². The molecule has 6 nitrogen and oxygen atoms in total. The molecule has 1 unspecified atom stereocenters. The van der Waals surface area contributed by atoms with E-state index >= 15 is 0 Å². The number of nitrogens with zero attached hydrogens (tertiary/aromatic N) is 1. The topological polar surface area (TPSA) is 94.6 Å². The normalized spacial score (nSPS) is 14.7. The first-order valence-corrected chi connectivity index (χ1v) is 10.3. The molecular weight excluding hydrogens is 447 g/mol. The molecule has 4 rings (SSSR count). The highest BCUT2D eigenvalue weighted by Gasteiger charge is 2.34. The maximum Gasteiger partial charge on any atom is 0.349 e. The van der Waals surface area contributed by atoms with E-state index in [2.05, 4.69) is 0 Å². The number of hydrogen-bond donors (Lipinski definition) is 1. The van der Waals surface area contributed by atoms with Crippen molar-refractivity contribution in [3.8, 4) is 23.3 Å². The third-order valence-electron chi connectivity index (χ3n) is 5.15. The SMILES string of the molecule is Cc1ccccc1OCC(=O)Oc1ccc2c(c1)OC(N)=C(C#N)C2c1c(F)cccc1Cl. The van der Waals surface area contributed by atoms with Crippen LogP contribution < -0.4 is 19.9 Å². The van der Waals surface area contributed by atoms with E-state index in [0.717, 1.165) is 5.56 Å². The van der Waals surface area contributed by atoms with Gasteiger partial charge in [0.1, 0.15) is 34.7 Å². The lowest BCUT2D eigenvalue weighted by molar-refractivity contribution is -0.136. The maximum absolute atomic E-state index is 14.7. The average Bonchev–Trinajstić information content (AvgIpc) is 2.78. The number of carbonyl (C=O) groups excluding carboxylic acids is 1. The molecule has 0 fully saturated rings. The van der Waals surface area contributed by atoms with Crippen LogP contribution >= 0.6 is 11.6 Å². The quantitative estimate of drug-likeness (QED) is 0.422. The van der Waals surface area contributed by atoms with Gasteiger partial charge in [-0.15, -0.1) is 0 Å². The van der Waals surface area contributed by atoms with E-state index < -0.39 is 17.7 Å². The number of ether oxygens (including phenoxy) is 3. The van der Waals surface area contributed by atoms with Crippen molar-refractivity contribution >= 4 is 17.6 Å². The highest BCUT2D eigenvalue weighted by Crippen LogP contribution is 2.46. The lowest BCUT2D eigenvalue weighted by atomic mass is 9.83. The fraction of sp³-hybridized carbons (Fsp3) is 0.120. The summed E-state index contributed by atoms with van der Waals surface area (Å²) < 4.78 is 31.1. The number of nitriles is 1. The van der Waals surface area contributed by atoms with Gasteiger partial charge in [-0.2, -0.15) is 5.26 Å². The van der Waals surface area contributed by atoms with Crippen molar-refractivity contribution < 1.29 is 23.4 Å². The highest BCUT2D eigenvalue weighted by atomic mass is 35.5. The minimum absolute atomic E-state index is 0.0332. The molecule has 166 valence electrons. The predicted octanol–water partition coefficient (Wildman–Crippen LogP) is 4.99. The van der Waals surface area contributed by atoms with Crippen LogP contribution in [0.5, 0.6) is 17.2 Å². The van der Waals surface area contributed by atoms with E-state index in [1.54, 1.807) is 18.2 Å². The van der Waals surface area contributed by atoms with Crippen LogP contribution in [0.25, 0.3) is 0 Å². The summed E-state index contributed by atoms with van der Waals surface area (Å²) in [5, 5.41) is 9.78. The molecule has 1 aliphatic rings. The van der Waals surface area contributed by atoms with Crippen LogP contribution in [0, 0.1) is 24.1 Å². The number of carbonyl (C=O) groups is 1. The number of benzene rings is 3. The molecule has 0 saturated carbocycles. The number of fused-ring (bicyclic) bond motifs is 1. The van der Waals surface area contributed by atoms with Gasteiger partial charge in [-0.05, 0) is 36.8 Å². The molecule has 1 heterocycles. The first-order chi connectivity index (χ1) is 15.9. The third-order valence-corrected chi connectivity index (χ3v) is 5.48. The van der Waals surface area contributed by atoms with Gasteiger partial charge in [-0.1, -0.05) is 41.9 Å². The van der Waals surface area contributed by atoms with E-state index in [1.807, 2.05) is 25.1 Å². The van der Waals surface area contributed by atoms with Crippen LogP contribution in [0.1, 0.15) is 22.6 Å². The molecule has 0 aliphatic carbocycles. The Kier molecular flexibility index (Phi) is 6.20. The average molecular weight is 465 g/mol. The summed E-state index contributed by atoms with van der Waals surface area (Å²) in [6.45, 7) is 1.57. The molecule has 0 aromatic heterocycles. The molecule has 33 heavy (non-hydrogen) atoms. The minimum Gasteiger partial charge on any atom is -0.482 e. The standard InChI is InChI=1S/C25H18ClFN2O4/c1-14-5-2-3-8-20(14)31-13-22(30)32-15-9-10-16-21(11-15)33-25(29)17(12-28)23(16)24-18(26)6-4-7-19(24)27/h2-11,23H,13,29H2,1H3. The van der Waals surface area contributed by atoms with Gasteiger partial charge < -0.3 is 19.9 Å². The van der Waals surface area contributed by atoms with Crippen LogP contribution in [0.15, 0.2) is 72.1 Å². The van der Waals surface area contributed by atoms with Crippen molar-refractivity contribution in [2.24, 2.45) is 5.73 Å². The first kappa shape index (κ1) is 22.2. The fourth-order valence-electron chi connectivity index (χ4n) is 3.60. The Morgan fingerprint density at radius 3 is 2.73 bits per heavy atom. The molecule has 8 heteroatoms. The molecule has 0 amide bonds. The summed E-state index contributed by atoms with van der Waals surface area (Å²) in [5.74, 6) is -1.27. The van der Waals surface area contributed by atoms with Crippen molar-refractivity contribution in [1.82, 2.24) is 0 Å². The minimum atomic E-state index is -0.874. The van der Waals surface area contributed by atoms with E-state index in [1.165, 1.54) is 30.3 Å². The van der Waals surface area contributed by atoms with Gasteiger partial charge in [0.05, 0.1) is 5.92 Å². The molecule has 2 N–H and O–H groups in total. The van der Waals surface area contributed by atoms with Gasteiger partial charge in [-0.25, -0.2) is 9.18 Å². The molecule has 0 spiro atoms. The largest absolute Gasteiger partial charge is 0.482 e. The van der Waals surface area contributed by atoms with Crippen molar-refractivity contribution in [3.05, 3.63) is 99.7 Å². The zero-order valence-electron chi connectivity index (χ0n) is 17.5. The van der Waals surface area contributed by atoms with Gasteiger partial charge in [0.15, 0.2) is 6.61 Å². The van der Waals surface area contributed by atoms with Crippen LogP contribution in [0.2, 0.25) is 5.02 Å². The Morgan fingerprint density at radius 1 is 1.21 bits per heavy atom. The summed E-state index contributed by atoms with van der Waals surface area (Å²) in [4.78, 5) is 12.3. The molecule has 1 aliphatic heterocycles. The number of aryl methyl sites for hydroxylation is 1. The van der Waals surface area contributed by atoms with Crippen LogP contribution in [-0.4, -0.2) is 12.6 Å². The lowest BCUT2D eigenvalue weighted by Crippen LogP contribution is -2.22. The summed E-state index contributed by atoms with van der Waals surface area (Å²) in [5.41, 5.74) is 7.45.